The summed E-state index contributed by atoms with van der Waals surface area (Å²) in [6.07, 6.45) is 3.27. The minimum Gasteiger partial charge on any atom is -0.268 e. The van der Waals surface area contributed by atoms with E-state index in [1.54, 1.807) is 10.8 Å². The van der Waals surface area contributed by atoms with Crippen LogP contribution in [0.5, 0.6) is 0 Å². The zero-order valence-corrected chi connectivity index (χ0v) is 13.4. The summed E-state index contributed by atoms with van der Waals surface area (Å²) in [7, 11) is 0. The monoisotopic (exact) mass is 335 g/mol. The zero-order chi connectivity index (χ0) is 16.4. The Morgan fingerprint density at radius 1 is 1.08 bits per heavy atom. The number of H-pyrrole nitrogens is 1. The van der Waals surface area contributed by atoms with Crippen molar-refractivity contribution in [2.24, 2.45) is 0 Å². The fraction of sp³-hybridized carbons (Fsp3) is 0.0588. The first-order valence-corrected chi connectivity index (χ1v) is 8.36. The smallest absolute Gasteiger partial charge is 0.268 e. The third kappa shape index (κ3) is 2.69. The lowest BCUT2D eigenvalue weighted by atomic mass is 10.3. The van der Waals surface area contributed by atoms with Crippen LogP contribution in [0, 0.1) is 0 Å². The standard InChI is InChI=1S/C17H13N5OS/c23-16-14-10-19-21-15(14)20-17(22(16)13-7-2-1-3-8-13)24-11-12-6-4-5-9-18-12/h1-10H,11H2,(H,19,21). The van der Waals surface area contributed by atoms with Gasteiger partial charge in [-0.1, -0.05) is 36.0 Å². The Bertz CT molecular complexity index is 1030. The van der Waals surface area contributed by atoms with Gasteiger partial charge in [-0.25, -0.2) is 4.98 Å². The van der Waals surface area contributed by atoms with Crippen molar-refractivity contribution in [3.8, 4) is 5.69 Å². The van der Waals surface area contributed by atoms with E-state index in [1.807, 2.05) is 48.5 Å². The van der Waals surface area contributed by atoms with Crippen LogP contribution in [0.25, 0.3) is 16.7 Å². The molecule has 6 nitrogen and oxygen atoms in total. The Kier molecular flexibility index (Phi) is 3.84. The second-order valence-electron chi connectivity index (χ2n) is 5.11. The molecule has 0 saturated carbocycles. The highest BCUT2D eigenvalue weighted by Gasteiger charge is 2.14. The van der Waals surface area contributed by atoms with E-state index in [4.69, 9.17) is 0 Å². The first kappa shape index (κ1) is 14.6. The molecular formula is C17H13N5OS. The molecule has 0 saturated heterocycles. The van der Waals surface area contributed by atoms with Crippen molar-refractivity contribution in [3.63, 3.8) is 0 Å². The predicted molar refractivity (Wildman–Crippen MR) is 93.3 cm³/mol. The number of nitrogens with zero attached hydrogens (tertiary/aromatic N) is 4. The third-order valence-electron chi connectivity index (χ3n) is 3.54. The molecule has 0 amide bonds. The van der Waals surface area contributed by atoms with E-state index in [9.17, 15) is 4.79 Å². The number of aromatic nitrogens is 5. The van der Waals surface area contributed by atoms with Gasteiger partial charge in [0.05, 0.1) is 17.6 Å². The van der Waals surface area contributed by atoms with E-state index >= 15 is 0 Å². The minimum absolute atomic E-state index is 0.136. The molecule has 0 aliphatic carbocycles. The number of fused-ring (bicyclic) bond motifs is 1. The minimum atomic E-state index is -0.136. The Morgan fingerprint density at radius 3 is 2.71 bits per heavy atom. The molecule has 1 aromatic carbocycles. The van der Waals surface area contributed by atoms with E-state index in [1.165, 1.54) is 18.0 Å². The summed E-state index contributed by atoms with van der Waals surface area (Å²) in [6, 6.07) is 15.3. The van der Waals surface area contributed by atoms with Crippen molar-refractivity contribution in [1.82, 2.24) is 24.7 Å². The molecule has 3 aromatic heterocycles. The maximum atomic E-state index is 12.9. The third-order valence-corrected chi connectivity index (χ3v) is 4.51. The summed E-state index contributed by atoms with van der Waals surface area (Å²) in [5, 5.41) is 7.79. The molecule has 118 valence electrons. The lowest BCUT2D eigenvalue weighted by molar-refractivity contribution is 0.815. The van der Waals surface area contributed by atoms with Crippen molar-refractivity contribution in [2.75, 3.05) is 0 Å². The molecule has 3 heterocycles. The molecule has 4 rings (SSSR count). The van der Waals surface area contributed by atoms with E-state index in [0.29, 0.717) is 21.9 Å². The fourth-order valence-corrected chi connectivity index (χ4v) is 3.32. The number of thioether (sulfide) groups is 1. The molecule has 0 aliphatic heterocycles. The zero-order valence-electron chi connectivity index (χ0n) is 12.6. The van der Waals surface area contributed by atoms with Gasteiger partial charge in [-0.3, -0.25) is 19.4 Å². The molecule has 0 atom stereocenters. The van der Waals surface area contributed by atoms with Gasteiger partial charge in [-0.15, -0.1) is 0 Å². The van der Waals surface area contributed by atoms with Gasteiger partial charge in [0.15, 0.2) is 10.8 Å². The Labute approximate surface area is 141 Å². The Morgan fingerprint density at radius 2 is 1.92 bits per heavy atom. The second kappa shape index (κ2) is 6.29. The van der Waals surface area contributed by atoms with Crippen molar-refractivity contribution in [3.05, 3.63) is 77.0 Å². The van der Waals surface area contributed by atoms with Gasteiger partial charge in [0, 0.05) is 11.9 Å². The number of nitrogens with one attached hydrogen (secondary N) is 1. The van der Waals surface area contributed by atoms with Gasteiger partial charge in [0.25, 0.3) is 5.56 Å². The summed E-state index contributed by atoms with van der Waals surface area (Å²) >= 11 is 1.47. The number of para-hydroxylation sites is 1. The van der Waals surface area contributed by atoms with E-state index in [2.05, 4.69) is 20.2 Å². The van der Waals surface area contributed by atoms with Gasteiger partial charge in [-0.2, -0.15) is 5.10 Å². The topological polar surface area (TPSA) is 76.5 Å². The van der Waals surface area contributed by atoms with Crippen LogP contribution in [-0.4, -0.2) is 24.7 Å². The van der Waals surface area contributed by atoms with Crippen molar-refractivity contribution >= 4 is 22.8 Å². The van der Waals surface area contributed by atoms with Crippen LogP contribution < -0.4 is 5.56 Å². The van der Waals surface area contributed by atoms with Gasteiger partial charge in [0.1, 0.15) is 5.39 Å². The van der Waals surface area contributed by atoms with E-state index < -0.39 is 0 Å². The SMILES string of the molecule is O=c1c2cn[nH]c2nc(SCc2ccccn2)n1-c1ccccc1. The second-order valence-corrected chi connectivity index (χ2v) is 6.06. The first-order chi connectivity index (χ1) is 11.8. The summed E-state index contributed by atoms with van der Waals surface area (Å²) in [5.74, 6) is 0.625. The summed E-state index contributed by atoms with van der Waals surface area (Å²) < 4.78 is 1.62. The van der Waals surface area contributed by atoms with Gasteiger partial charge >= 0.3 is 0 Å². The summed E-state index contributed by atoms with van der Waals surface area (Å²) in [4.78, 5) is 21.7. The average Bonchev–Trinajstić information content (AvgIpc) is 3.10. The van der Waals surface area contributed by atoms with Gasteiger partial charge in [-0.05, 0) is 24.3 Å². The molecule has 0 bridgehead atoms. The highest BCUT2D eigenvalue weighted by molar-refractivity contribution is 7.98. The molecule has 0 radical (unpaired) electrons. The highest BCUT2D eigenvalue weighted by atomic mass is 32.2. The lowest BCUT2D eigenvalue weighted by Gasteiger charge is -2.11. The number of pyridine rings is 1. The van der Waals surface area contributed by atoms with Gasteiger partial charge in [0.2, 0.25) is 0 Å². The molecular weight excluding hydrogens is 322 g/mol. The predicted octanol–water partition coefficient (Wildman–Crippen LogP) is 2.80. The quantitative estimate of drug-likeness (QED) is 0.458. The van der Waals surface area contributed by atoms with Crippen molar-refractivity contribution in [2.45, 2.75) is 10.9 Å². The number of hydrogen-bond donors (Lipinski definition) is 1. The maximum Gasteiger partial charge on any atom is 0.269 e. The number of aromatic amines is 1. The van der Waals surface area contributed by atoms with Crippen LogP contribution >= 0.6 is 11.8 Å². The van der Waals surface area contributed by atoms with Crippen LogP contribution in [0.2, 0.25) is 0 Å². The van der Waals surface area contributed by atoms with Crippen LogP contribution in [0.15, 0.2) is 70.9 Å². The molecule has 1 N–H and O–H groups in total. The Balaban J connectivity index is 1.82. The maximum absolute atomic E-state index is 12.9. The Hall–Kier alpha value is -2.93. The number of rotatable bonds is 4. The molecule has 0 fully saturated rings. The number of benzene rings is 1. The normalized spacial score (nSPS) is 11.0. The summed E-state index contributed by atoms with van der Waals surface area (Å²) in [5.41, 5.74) is 2.07. The average molecular weight is 335 g/mol. The number of hydrogen-bond acceptors (Lipinski definition) is 5. The molecule has 0 aliphatic rings. The molecule has 4 aromatic rings. The molecule has 7 heteroatoms. The molecule has 24 heavy (non-hydrogen) atoms. The highest BCUT2D eigenvalue weighted by Crippen LogP contribution is 2.23. The largest absolute Gasteiger partial charge is 0.269 e. The first-order valence-electron chi connectivity index (χ1n) is 7.37. The molecule has 0 spiro atoms. The van der Waals surface area contributed by atoms with E-state index in [0.717, 1.165) is 11.4 Å². The van der Waals surface area contributed by atoms with Crippen LogP contribution in [0.1, 0.15) is 5.69 Å². The van der Waals surface area contributed by atoms with Crippen molar-refractivity contribution < 1.29 is 0 Å². The van der Waals surface area contributed by atoms with Crippen LogP contribution in [-0.2, 0) is 5.75 Å². The van der Waals surface area contributed by atoms with E-state index in [-0.39, 0.29) is 5.56 Å². The van der Waals surface area contributed by atoms with Crippen molar-refractivity contribution in [1.29, 1.82) is 0 Å². The summed E-state index contributed by atoms with van der Waals surface area (Å²) in [6.45, 7) is 0. The van der Waals surface area contributed by atoms with Crippen LogP contribution in [0.3, 0.4) is 0 Å². The molecule has 0 unspecified atom stereocenters. The fourth-order valence-electron chi connectivity index (χ4n) is 2.40. The lowest BCUT2D eigenvalue weighted by Crippen LogP contribution is -2.21. The van der Waals surface area contributed by atoms with Gasteiger partial charge < -0.3 is 0 Å². The van der Waals surface area contributed by atoms with Crippen LogP contribution in [0.4, 0.5) is 0 Å².